The third-order valence-electron chi connectivity index (χ3n) is 3.62. The van der Waals surface area contributed by atoms with Crippen LogP contribution in [0.1, 0.15) is 30.1 Å². The van der Waals surface area contributed by atoms with Crippen LogP contribution in [0.5, 0.6) is 0 Å². The molecule has 2 rings (SSSR count). The average molecular weight is 311 g/mol. The summed E-state index contributed by atoms with van der Waals surface area (Å²) in [6, 6.07) is 4.94. The van der Waals surface area contributed by atoms with Crippen LogP contribution in [-0.2, 0) is 14.6 Å². The number of rotatable bonds is 4. The molecule has 1 N–H and O–H groups in total. The van der Waals surface area contributed by atoms with Crippen LogP contribution in [0, 0.1) is 0 Å². The first-order valence-corrected chi connectivity index (χ1v) is 8.38. The van der Waals surface area contributed by atoms with E-state index < -0.39 is 27.8 Å². The molecule has 1 amide bonds. The van der Waals surface area contributed by atoms with Gasteiger partial charge < -0.3 is 10.0 Å². The molecule has 0 aromatic heterocycles. The number of carbonyl (C=O) groups is 2. The lowest BCUT2D eigenvalue weighted by Crippen LogP contribution is -2.40. The highest BCUT2D eigenvalue weighted by molar-refractivity contribution is 7.91. The molecule has 0 spiro atoms. The van der Waals surface area contributed by atoms with Gasteiger partial charge in [0.05, 0.1) is 10.6 Å². The standard InChI is InChI=1S/C14H17NO5S/c1-2-21(19,20)11-6-3-5-10(9-11)13(16)15-8-4-7-12(15)14(17)18/h3,5-6,9,12H,2,4,7-8H2,1H3,(H,17,18)/t12-/m1/s1. The first-order valence-electron chi connectivity index (χ1n) is 6.73. The highest BCUT2D eigenvalue weighted by Gasteiger charge is 2.34. The van der Waals surface area contributed by atoms with E-state index in [9.17, 15) is 18.0 Å². The second-order valence-electron chi connectivity index (χ2n) is 4.93. The second-order valence-corrected chi connectivity index (χ2v) is 7.20. The van der Waals surface area contributed by atoms with Gasteiger partial charge in [0.2, 0.25) is 0 Å². The van der Waals surface area contributed by atoms with Crippen molar-refractivity contribution in [1.29, 1.82) is 0 Å². The number of sulfone groups is 1. The van der Waals surface area contributed by atoms with Gasteiger partial charge in [-0.1, -0.05) is 13.0 Å². The van der Waals surface area contributed by atoms with E-state index in [0.29, 0.717) is 19.4 Å². The van der Waals surface area contributed by atoms with E-state index in [0.717, 1.165) is 0 Å². The lowest BCUT2D eigenvalue weighted by Gasteiger charge is -2.21. The molecule has 1 heterocycles. The summed E-state index contributed by atoms with van der Waals surface area (Å²) in [7, 11) is -3.39. The number of likely N-dealkylation sites (tertiary alicyclic amines) is 1. The molecule has 1 aliphatic rings. The molecule has 1 aromatic carbocycles. The summed E-state index contributed by atoms with van der Waals surface area (Å²) in [5, 5.41) is 9.11. The SMILES string of the molecule is CCS(=O)(=O)c1cccc(C(=O)N2CCC[C@@H]2C(=O)O)c1. The zero-order valence-corrected chi connectivity index (χ0v) is 12.5. The van der Waals surface area contributed by atoms with E-state index in [-0.39, 0.29) is 16.2 Å². The lowest BCUT2D eigenvalue weighted by molar-refractivity contribution is -0.141. The van der Waals surface area contributed by atoms with Crippen molar-refractivity contribution in [2.75, 3.05) is 12.3 Å². The fourth-order valence-electron chi connectivity index (χ4n) is 2.42. The summed E-state index contributed by atoms with van der Waals surface area (Å²) in [6.45, 7) is 1.91. The van der Waals surface area contributed by atoms with E-state index in [1.807, 2.05) is 0 Å². The van der Waals surface area contributed by atoms with E-state index >= 15 is 0 Å². The fraction of sp³-hybridized carbons (Fsp3) is 0.429. The summed E-state index contributed by atoms with van der Waals surface area (Å²) in [5.74, 6) is -1.52. The molecule has 0 bridgehead atoms. The minimum Gasteiger partial charge on any atom is -0.480 e. The molecule has 1 aliphatic heterocycles. The number of carboxylic acids is 1. The number of carbonyl (C=O) groups excluding carboxylic acids is 1. The van der Waals surface area contributed by atoms with Crippen molar-refractivity contribution >= 4 is 21.7 Å². The fourth-order valence-corrected chi connectivity index (χ4v) is 3.35. The molecule has 7 heteroatoms. The van der Waals surface area contributed by atoms with E-state index in [4.69, 9.17) is 5.11 Å². The Morgan fingerprint density at radius 2 is 2.10 bits per heavy atom. The number of carboxylic acid groups (broad SMARTS) is 1. The molecule has 21 heavy (non-hydrogen) atoms. The summed E-state index contributed by atoms with van der Waals surface area (Å²) >= 11 is 0. The second kappa shape index (κ2) is 5.85. The van der Waals surface area contributed by atoms with E-state index in [1.165, 1.54) is 36.1 Å². The quantitative estimate of drug-likeness (QED) is 0.901. The number of nitrogens with zero attached hydrogens (tertiary/aromatic N) is 1. The highest BCUT2D eigenvalue weighted by atomic mass is 32.2. The summed E-state index contributed by atoms with van der Waals surface area (Å²) in [4.78, 5) is 24.9. The Hall–Kier alpha value is -1.89. The van der Waals surface area contributed by atoms with Gasteiger partial charge in [-0.05, 0) is 31.0 Å². The van der Waals surface area contributed by atoms with Crippen LogP contribution in [0.15, 0.2) is 29.2 Å². The minimum atomic E-state index is -3.39. The molecule has 114 valence electrons. The van der Waals surface area contributed by atoms with Gasteiger partial charge in [-0.25, -0.2) is 13.2 Å². The summed E-state index contributed by atoms with van der Waals surface area (Å²) in [5.41, 5.74) is 0.206. The van der Waals surface area contributed by atoms with Gasteiger partial charge in [0.15, 0.2) is 9.84 Å². The third-order valence-corrected chi connectivity index (χ3v) is 5.35. The highest BCUT2D eigenvalue weighted by Crippen LogP contribution is 2.22. The van der Waals surface area contributed by atoms with Crippen LogP contribution in [0.2, 0.25) is 0 Å². The van der Waals surface area contributed by atoms with Crippen molar-refractivity contribution in [1.82, 2.24) is 4.90 Å². The maximum absolute atomic E-state index is 12.4. The van der Waals surface area contributed by atoms with Gasteiger partial charge >= 0.3 is 5.97 Å². The van der Waals surface area contributed by atoms with Gasteiger partial charge in [0.1, 0.15) is 6.04 Å². The average Bonchev–Trinajstić information content (AvgIpc) is 2.96. The van der Waals surface area contributed by atoms with Crippen LogP contribution in [0.25, 0.3) is 0 Å². The van der Waals surface area contributed by atoms with E-state index in [1.54, 1.807) is 0 Å². The van der Waals surface area contributed by atoms with Crippen LogP contribution in [0.3, 0.4) is 0 Å². The Bertz CT molecular complexity index is 668. The molecule has 1 fully saturated rings. The number of aliphatic carboxylic acids is 1. The first kappa shape index (κ1) is 15.5. The Kier molecular flexibility index (Phi) is 4.32. The van der Waals surface area contributed by atoms with Crippen LogP contribution >= 0.6 is 0 Å². The third kappa shape index (κ3) is 3.07. The zero-order valence-electron chi connectivity index (χ0n) is 11.7. The largest absolute Gasteiger partial charge is 0.480 e. The maximum Gasteiger partial charge on any atom is 0.326 e. The smallest absolute Gasteiger partial charge is 0.326 e. The topological polar surface area (TPSA) is 91.8 Å². The first-order chi connectivity index (χ1) is 9.86. The Labute approximate surface area is 123 Å². The maximum atomic E-state index is 12.4. The monoisotopic (exact) mass is 311 g/mol. The number of hydrogen-bond donors (Lipinski definition) is 1. The Morgan fingerprint density at radius 1 is 1.38 bits per heavy atom. The van der Waals surface area contributed by atoms with Crippen LogP contribution in [-0.4, -0.2) is 48.6 Å². The molecule has 6 nitrogen and oxygen atoms in total. The van der Waals surface area contributed by atoms with Crippen LogP contribution < -0.4 is 0 Å². The number of amides is 1. The van der Waals surface area contributed by atoms with Gasteiger partial charge in [-0.3, -0.25) is 4.79 Å². The van der Waals surface area contributed by atoms with Crippen molar-refractivity contribution < 1.29 is 23.1 Å². The number of benzene rings is 1. The molecule has 1 saturated heterocycles. The van der Waals surface area contributed by atoms with Crippen molar-refractivity contribution in [3.63, 3.8) is 0 Å². The van der Waals surface area contributed by atoms with Crippen molar-refractivity contribution in [3.05, 3.63) is 29.8 Å². The minimum absolute atomic E-state index is 0.0495. The lowest BCUT2D eigenvalue weighted by atomic mass is 10.1. The molecular formula is C14H17NO5S. The van der Waals surface area contributed by atoms with Gasteiger partial charge in [0.25, 0.3) is 5.91 Å². The Balaban J connectivity index is 2.32. The molecule has 0 aliphatic carbocycles. The predicted molar refractivity (Wildman–Crippen MR) is 75.9 cm³/mol. The van der Waals surface area contributed by atoms with Crippen molar-refractivity contribution in [2.24, 2.45) is 0 Å². The van der Waals surface area contributed by atoms with Crippen molar-refractivity contribution in [3.8, 4) is 0 Å². The number of hydrogen-bond acceptors (Lipinski definition) is 4. The molecule has 0 saturated carbocycles. The molecule has 0 radical (unpaired) electrons. The molecule has 1 aromatic rings. The van der Waals surface area contributed by atoms with Gasteiger partial charge in [-0.2, -0.15) is 0 Å². The molecule has 1 atom stereocenters. The summed E-state index contributed by atoms with van der Waals surface area (Å²) < 4.78 is 23.7. The normalized spacial score (nSPS) is 18.7. The van der Waals surface area contributed by atoms with Gasteiger partial charge in [0, 0.05) is 12.1 Å². The van der Waals surface area contributed by atoms with Gasteiger partial charge in [-0.15, -0.1) is 0 Å². The summed E-state index contributed by atoms with van der Waals surface area (Å²) in [6.07, 6.45) is 1.06. The zero-order chi connectivity index (χ0) is 15.6. The van der Waals surface area contributed by atoms with Crippen LogP contribution in [0.4, 0.5) is 0 Å². The van der Waals surface area contributed by atoms with Crippen molar-refractivity contribution in [2.45, 2.75) is 30.7 Å². The molecular weight excluding hydrogens is 294 g/mol. The van der Waals surface area contributed by atoms with E-state index in [2.05, 4.69) is 0 Å². The Morgan fingerprint density at radius 3 is 2.71 bits per heavy atom. The molecule has 0 unspecified atom stereocenters. The predicted octanol–water partition coefficient (Wildman–Crippen LogP) is 1.17.